The molecule has 2 aromatic rings. The van der Waals surface area contributed by atoms with Crippen LogP contribution in [-0.4, -0.2) is 49.6 Å². The van der Waals surface area contributed by atoms with Crippen LogP contribution in [0.5, 0.6) is 5.75 Å². The van der Waals surface area contributed by atoms with Crippen molar-refractivity contribution in [1.29, 1.82) is 0 Å². The standard InChI is InChI=1S/C22H23F3N2O4/c1-27(13-19-6-3-11-30-19)21(29)15-7-9-18(10-8-15)31-14-20(28)26-17-5-2-4-16(12-17)22(23,24)25/h2,4-5,7-10,12,19H,3,6,11,13-14H2,1H3,(H,26,28). The van der Waals surface area contributed by atoms with Crippen LogP contribution in [0.1, 0.15) is 28.8 Å². The Bertz CT molecular complexity index is 910. The van der Waals surface area contributed by atoms with E-state index in [4.69, 9.17) is 9.47 Å². The molecule has 1 N–H and O–H groups in total. The molecule has 1 atom stereocenters. The van der Waals surface area contributed by atoms with Gasteiger partial charge in [-0.05, 0) is 55.3 Å². The summed E-state index contributed by atoms with van der Waals surface area (Å²) < 4.78 is 49.1. The molecule has 31 heavy (non-hydrogen) atoms. The lowest BCUT2D eigenvalue weighted by Crippen LogP contribution is -2.34. The summed E-state index contributed by atoms with van der Waals surface area (Å²) in [4.78, 5) is 26.1. The molecule has 166 valence electrons. The van der Waals surface area contributed by atoms with Gasteiger partial charge in [0.25, 0.3) is 11.8 Å². The van der Waals surface area contributed by atoms with Gasteiger partial charge in [-0.3, -0.25) is 9.59 Å². The number of anilines is 1. The minimum absolute atomic E-state index is 0.0265. The molecule has 0 spiro atoms. The summed E-state index contributed by atoms with van der Waals surface area (Å²) >= 11 is 0. The van der Waals surface area contributed by atoms with Crippen molar-refractivity contribution >= 4 is 17.5 Å². The van der Waals surface area contributed by atoms with Gasteiger partial charge >= 0.3 is 6.18 Å². The fourth-order valence-corrected chi connectivity index (χ4v) is 3.21. The zero-order valence-electron chi connectivity index (χ0n) is 16.9. The van der Waals surface area contributed by atoms with E-state index in [9.17, 15) is 22.8 Å². The first-order valence-corrected chi connectivity index (χ1v) is 9.79. The van der Waals surface area contributed by atoms with Gasteiger partial charge < -0.3 is 19.7 Å². The molecule has 0 saturated carbocycles. The maximum absolute atomic E-state index is 12.7. The highest BCUT2D eigenvalue weighted by Gasteiger charge is 2.30. The second-order valence-electron chi connectivity index (χ2n) is 7.26. The van der Waals surface area contributed by atoms with Gasteiger partial charge in [0.2, 0.25) is 0 Å². The first-order valence-electron chi connectivity index (χ1n) is 9.79. The Labute approximate surface area is 177 Å². The molecule has 0 radical (unpaired) electrons. The fourth-order valence-electron chi connectivity index (χ4n) is 3.21. The van der Waals surface area contributed by atoms with Crippen molar-refractivity contribution in [3.05, 3.63) is 59.7 Å². The Balaban J connectivity index is 1.49. The second-order valence-corrected chi connectivity index (χ2v) is 7.26. The summed E-state index contributed by atoms with van der Waals surface area (Å²) in [5.74, 6) is -0.391. The zero-order valence-corrected chi connectivity index (χ0v) is 16.9. The summed E-state index contributed by atoms with van der Waals surface area (Å²) in [6.45, 7) is 0.856. The van der Waals surface area contributed by atoms with Crippen molar-refractivity contribution in [2.45, 2.75) is 25.1 Å². The molecule has 3 rings (SSSR count). The summed E-state index contributed by atoms with van der Waals surface area (Å²) in [7, 11) is 1.71. The SMILES string of the molecule is CN(CC1CCCO1)C(=O)c1ccc(OCC(=O)Nc2cccc(C(F)(F)F)c2)cc1. The first-order chi connectivity index (χ1) is 14.7. The zero-order chi connectivity index (χ0) is 22.4. The van der Waals surface area contributed by atoms with Crippen molar-refractivity contribution in [2.75, 3.05) is 32.1 Å². The van der Waals surface area contributed by atoms with E-state index in [0.29, 0.717) is 17.9 Å². The van der Waals surface area contributed by atoms with Gasteiger partial charge in [0, 0.05) is 31.5 Å². The predicted molar refractivity (Wildman–Crippen MR) is 108 cm³/mol. The Kier molecular flexibility index (Phi) is 7.17. The lowest BCUT2D eigenvalue weighted by molar-refractivity contribution is -0.137. The number of nitrogens with one attached hydrogen (secondary N) is 1. The molecule has 6 nitrogen and oxygen atoms in total. The molecule has 0 aliphatic carbocycles. The molecular formula is C22H23F3N2O4. The van der Waals surface area contributed by atoms with Crippen molar-refractivity contribution in [1.82, 2.24) is 4.90 Å². The van der Waals surface area contributed by atoms with Crippen molar-refractivity contribution in [3.8, 4) is 5.75 Å². The molecule has 1 fully saturated rings. The molecule has 0 aromatic heterocycles. The van der Waals surface area contributed by atoms with E-state index in [1.54, 1.807) is 36.2 Å². The average molecular weight is 436 g/mol. The first kappa shape index (κ1) is 22.6. The summed E-state index contributed by atoms with van der Waals surface area (Å²) in [6, 6.07) is 10.7. The van der Waals surface area contributed by atoms with Gasteiger partial charge in [-0.1, -0.05) is 6.07 Å². The van der Waals surface area contributed by atoms with Crippen LogP contribution in [0, 0.1) is 0 Å². The maximum Gasteiger partial charge on any atom is 0.416 e. The number of amides is 2. The maximum atomic E-state index is 12.7. The van der Waals surface area contributed by atoms with Crippen LogP contribution in [0.2, 0.25) is 0 Å². The van der Waals surface area contributed by atoms with Crippen molar-refractivity contribution in [3.63, 3.8) is 0 Å². The highest BCUT2D eigenvalue weighted by atomic mass is 19.4. The molecule has 1 aliphatic heterocycles. The number of rotatable bonds is 7. The van der Waals surface area contributed by atoms with Gasteiger partial charge in [-0.2, -0.15) is 13.2 Å². The minimum Gasteiger partial charge on any atom is -0.484 e. The molecule has 1 saturated heterocycles. The Hall–Kier alpha value is -3.07. The number of hydrogen-bond acceptors (Lipinski definition) is 4. The van der Waals surface area contributed by atoms with E-state index in [1.165, 1.54) is 12.1 Å². The Morgan fingerprint density at radius 1 is 1.19 bits per heavy atom. The molecule has 1 heterocycles. The highest BCUT2D eigenvalue weighted by Crippen LogP contribution is 2.30. The number of hydrogen-bond donors (Lipinski definition) is 1. The monoisotopic (exact) mass is 436 g/mol. The van der Waals surface area contributed by atoms with Crippen LogP contribution in [0.15, 0.2) is 48.5 Å². The molecule has 2 amide bonds. The van der Waals surface area contributed by atoms with Gasteiger partial charge in [0.1, 0.15) is 5.75 Å². The lowest BCUT2D eigenvalue weighted by Gasteiger charge is -2.21. The van der Waals surface area contributed by atoms with E-state index in [1.807, 2.05) is 0 Å². The van der Waals surface area contributed by atoms with E-state index in [2.05, 4.69) is 5.32 Å². The van der Waals surface area contributed by atoms with Crippen LogP contribution in [0.4, 0.5) is 18.9 Å². The van der Waals surface area contributed by atoms with Crippen LogP contribution < -0.4 is 10.1 Å². The predicted octanol–water partition coefficient (Wildman–Crippen LogP) is 3.97. The van der Waals surface area contributed by atoms with Gasteiger partial charge in [0.05, 0.1) is 11.7 Å². The third kappa shape index (κ3) is 6.45. The quantitative estimate of drug-likeness (QED) is 0.713. The van der Waals surface area contributed by atoms with Crippen molar-refractivity contribution in [2.24, 2.45) is 0 Å². The summed E-state index contributed by atoms with van der Waals surface area (Å²) in [5.41, 5.74) is -0.351. The number of benzene rings is 2. The molecule has 2 aromatic carbocycles. The van der Waals surface area contributed by atoms with E-state index in [0.717, 1.165) is 31.6 Å². The third-order valence-corrected chi connectivity index (χ3v) is 4.79. The normalized spacial score (nSPS) is 16.1. The van der Waals surface area contributed by atoms with Crippen LogP contribution >= 0.6 is 0 Å². The second kappa shape index (κ2) is 9.82. The number of nitrogens with zero attached hydrogens (tertiary/aromatic N) is 1. The molecule has 9 heteroatoms. The Morgan fingerprint density at radius 3 is 2.58 bits per heavy atom. The highest BCUT2D eigenvalue weighted by molar-refractivity contribution is 5.94. The summed E-state index contributed by atoms with van der Waals surface area (Å²) in [6.07, 6.45) is -2.49. The van der Waals surface area contributed by atoms with Gasteiger partial charge in [-0.25, -0.2) is 0 Å². The van der Waals surface area contributed by atoms with Crippen molar-refractivity contribution < 1.29 is 32.2 Å². The topological polar surface area (TPSA) is 67.9 Å². The van der Waals surface area contributed by atoms with E-state index in [-0.39, 0.29) is 24.3 Å². The van der Waals surface area contributed by atoms with Gasteiger partial charge in [0.15, 0.2) is 6.61 Å². The third-order valence-electron chi connectivity index (χ3n) is 4.79. The lowest BCUT2D eigenvalue weighted by atomic mass is 10.1. The van der Waals surface area contributed by atoms with Crippen LogP contribution in [-0.2, 0) is 15.7 Å². The number of carbonyl (C=O) groups excluding carboxylic acids is 2. The number of halogens is 3. The minimum atomic E-state index is -4.49. The number of alkyl halides is 3. The molecular weight excluding hydrogens is 413 g/mol. The number of likely N-dealkylation sites (N-methyl/N-ethyl adjacent to an activating group) is 1. The molecule has 1 unspecified atom stereocenters. The van der Waals surface area contributed by atoms with E-state index >= 15 is 0 Å². The largest absolute Gasteiger partial charge is 0.484 e. The smallest absolute Gasteiger partial charge is 0.416 e. The molecule has 1 aliphatic rings. The molecule has 0 bridgehead atoms. The van der Waals surface area contributed by atoms with Crippen LogP contribution in [0.25, 0.3) is 0 Å². The Morgan fingerprint density at radius 2 is 1.94 bits per heavy atom. The van der Waals surface area contributed by atoms with Gasteiger partial charge in [-0.15, -0.1) is 0 Å². The fraction of sp³-hybridized carbons (Fsp3) is 0.364. The number of carbonyl (C=O) groups is 2. The average Bonchev–Trinajstić information content (AvgIpc) is 3.24. The number of ether oxygens (including phenoxy) is 2. The van der Waals surface area contributed by atoms with E-state index < -0.39 is 17.6 Å². The summed E-state index contributed by atoms with van der Waals surface area (Å²) in [5, 5.41) is 2.37. The van der Waals surface area contributed by atoms with Crippen LogP contribution in [0.3, 0.4) is 0 Å².